The minimum absolute atomic E-state index is 0.903. The molecule has 14 heavy (non-hydrogen) atoms. The van der Waals surface area contributed by atoms with Gasteiger partial charge in [0.15, 0.2) is 0 Å². The summed E-state index contributed by atoms with van der Waals surface area (Å²) in [6, 6.07) is 8.36. The predicted molar refractivity (Wildman–Crippen MR) is 68.1 cm³/mol. The van der Waals surface area contributed by atoms with Gasteiger partial charge in [-0.3, -0.25) is 0 Å². The van der Waals surface area contributed by atoms with Crippen LogP contribution in [0.1, 0.15) is 11.8 Å². The maximum absolute atomic E-state index is 5.90. The van der Waals surface area contributed by atoms with E-state index < -0.39 is 0 Å². The van der Waals surface area contributed by atoms with E-state index >= 15 is 0 Å². The van der Waals surface area contributed by atoms with Gasteiger partial charge >= 0.3 is 0 Å². The maximum Gasteiger partial charge on any atom is 0.0575 e. The normalized spacial score (nSPS) is 10.9. The number of anilines is 1. The van der Waals surface area contributed by atoms with Crippen LogP contribution in [0.25, 0.3) is 10.1 Å². The van der Waals surface area contributed by atoms with E-state index in [-0.39, 0.29) is 0 Å². The molecule has 3 heteroatoms. The highest BCUT2D eigenvalue weighted by Gasteiger charge is 2.03. The fourth-order valence-electron chi connectivity index (χ4n) is 1.41. The molecule has 0 aliphatic heterocycles. The number of nitrogens with two attached hydrogens (primary N) is 1. The standard InChI is InChI=1S/C11H13NS2/c1-2-13-7-9-6-8-4-3-5-10(12)11(8)14-9/h3-6H,2,7,12H2,1H3. The van der Waals surface area contributed by atoms with Crippen molar-refractivity contribution in [3.05, 3.63) is 29.1 Å². The lowest BCUT2D eigenvalue weighted by Crippen LogP contribution is -1.81. The Bertz CT molecular complexity index is 434. The number of hydrogen-bond donors (Lipinski definition) is 1. The fourth-order valence-corrected chi connectivity index (χ4v) is 3.27. The van der Waals surface area contributed by atoms with E-state index in [9.17, 15) is 0 Å². The lowest BCUT2D eigenvalue weighted by molar-refractivity contribution is 1.47. The summed E-state index contributed by atoms with van der Waals surface area (Å²) < 4.78 is 1.24. The molecular formula is C11H13NS2. The molecule has 1 aromatic carbocycles. The van der Waals surface area contributed by atoms with Gasteiger partial charge in [0.05, 0.1) is 4.70 Å². The van der Waals surface area contributed by atoms with Gasteiger partial charge in [-0.05, 0) is 23.3 Å². The molecule has 0 amide bonds. The lowest BCUT2D eigenvalue weighted by Gasteiger charge is -1.92. The molecule has 1 aromatic heterocycles. The summed E-state index contributed by atoms with van der Waals surface area (Å²) in [6.45, 7) is 2.19. The Morgan fingerprint density at radius 1 is 1.43 bits per heavy atom. The molecule has 0 aliphatic rings. The molecule has 0 fully saturated rings. The number of hydrogen-bond acceptors (Lipinski definition) is 3. The second kappa shape index (κ2) is 4.24. The minimum Gasteiger partial charge on any atom is -0.398 e. The molecule has 2 rings (SSSR count). The zero-order valence-electron chi connectivity index (χ0n) is 8.12. The number of fused-ring (bicyclic) bond motifs is 1. The van der Waals surface area contributed by atoms with Crippen molar-refractivity contribution in [1.29, 1.82) is 0 Å². The van der Waals surface area contributed by atoms with Crippen LogP contribution in [0.5, 0.6) is 0 Å². The summed E-state index contributed by atoms with van der Waals surface area (Å²) in [6.07, 6.45) is 0. The zero-order chi connectivity index (χ0) is 9.97. The van der Waals surface area contributed by atoms with Gasteiger partial charge in [-0.1, -0.05) is 19.1 Å². The number of thioether (sulfide) groups is 1. The van der Waals surface area contributed by atoms with Gasteiger partial charge in [-0.25, -0.2) is 0 Å². The topological polar surface area (TPSA) is 26.0 Å². The van der Waals surface area contributed by atoms with Gasteiger partial charge in [-0.2, -0.15) is 11.8 Å². The predicted octanol–water partition coefficient (Wildman–Crippen LogP) is 3.74. The molecule has 1 nitrogen and oxygen atoms in total. The van der Waals surface area contributed by atoms with E-state index in [1.54, 1.807) is 0 Å². The van der Waals surface area contributed by atoms with Crippen LogP contribution in [-0.2, 0) is 5.75 Å². The van der Waals surface area contributed by atoms with E-state index in [1.165, 1.54) is 20.7 Å². The Kier molecular flexibility index (Phi) is 2.99. The van der Waals surface area contributed by atoms with Gasteiger partial charge in [0.1, 0.15) is 0 Å². The first-order chi connectivity index (χ1) is 6.81. The summed E-state index contributed by atoms with van der Waals surface area (Å²) in [5, 5.41) is 1.28. The monoisotopic (exact) mass is 223 g/mol. The quantitative estimate of drug-likeness (QED) is 0.802. The summed E-state index contributed by atoms with van der Waals surface area (Å²) in [4.78, 5) is 1.42. The van der Waals surface area contributed by atoms with Crippen molar-refractivity contribution in [2.75, 3.05) is 11.5 Å². The molecule has 0 aliphatic carbocycles. The van der Waals surface area contributed by atoms with Crippen molar-refractivity contribution in [3.8, 4) is 0 Å². The first kappa shape index (κ1) is 9.87. The van der Waals surface area contributed by atoms with Crippen LogP contribution < -0.4 is 5.73 Å². The molecule has 0 saturated carbocycles. The van der Waals surface area contributed by atoms with Crippen molar-refractivity contribution in [2.45, 2.75) is 12.7 Å². The van der Waals surface area contributed by atoms with Crippen molar-refractivity contribution in [3.63, 3.8) is 0 Å². The van der Waals surface area contributed by atoms with Crippen molar-refractivity contribution in [2.24, 2.45) is 0 Å². The third-order valence-corrected chi connectivity index (χ3v) is 4.38. The molecule has 74 valence electrons. The van der Waals surface area contributed by atoms with E-state index in [2.05, 4.69) is 19.1 Å². The van der Waals surface area contributed by atoms with Gasteiger partial charge in [-0.15, -0.1) is 11.3 Å². The minimum atomic E-state index is 0.903. The van der Waals surface area contributed by atoms with Gasteiger partial charge in [0.2, 0.25) is 0 Å². The average Bonchev–Trinajstić information content (AvgIpc) is 2.59. The molecule has 0 spiro atoms. The molecule has 2 aromatic rings. The van der Waals surface area contributed by atoms with E-state index in [4.69, 9.17) is 5.73 Å². The third-order valence-electron chi connectivity index (χ3n) is 2.07. The van der Waals surface area contributed by atoms with Crippen LogP contribution in [0.4, 0.5) is 5.69 Å². The van der Waals surface area contributed by atoms with Crippen LogP contribution in [0.3, 0.4) is 0 Å². The Labute approximate surface area is 92.3 Å². The molecule has 0 unspecified atom stereocenters. The largest absolute Gasteiger partial charge is 0.398 e. The van der Waals surface area contributed by atoms with Gasteiger partial charge in [0.25, 0.3) is 0 Å². The van der Waals surface area contributed by atoms with Crippen molar-refractivity contribution >= 4 is 38.9 Å². The Morgan fingerprint density at radius 2 is 2.29 bits per heavy atom. The second-order valence-corrected chi connectivity index (χ2v) is 5.53. The Hall–Kier alpha value is -0.670. The first-order valence-electron chi connectivity index (χ1n) is 4.66. The molecule has 0 atom stereocenters. The summed E-state index contributed by atoms with van der Waals surface area (Å²) in [5.74, 6) is 2.28. The Morgan fingerprint density at radius 3 is 3.00 bits per heavy atom. The Balaban J connectivity index is 2.36. The molecule has 0 bridgehead atoms. The first-order valence-corrected chi connectivity index (χ1v) is 6.63. The third kappa shape index (κ3) is 1.88. The maximum atomic E-state index is 5.90. The highest BCUT2D eigenvalue weighted by Crippen LogP contribution is 2.32. The molecule has 1 heterocycles. The van der Waals surface area contributed by atoms with Crippen molar-refractivity contribution < 1.29 is 0 Å². The summed E-state index contributed by atoms with van der Waals surface area (Å²) in [5.41, 5.74) is 6.80. The van der Waals surface area contributed by atoms with Crippen LogP contribution in [0, 0.1) is 0 Å². The SMILES string of the molecule is CCSCc1cc2cccc(N)c2s1. The van der Waals surface area contributed by atoms with Crippen LogP contribution in [0.15, 0.2) is 24.3 Å². The van der Waals surface area contributed by atoms with E-state index in [1.807, 2.05) is 35.2 Å². The van der Waals surface area contributed by atoms with Crippen LogP contribution in [-0.4, -0.2) is 5.75 Å². The molecular weight excluding hydrogens is 210 g/mol. The summed E-state index contributed by atoms with van der Waals surface area (Å²) >= 11 is 3.77. The lowest BCUT2D eigenvalue weighted by atomic mass is 10.2. The van der Waals surface area contributed by atoms with Gasteiger partial charge < -0.3 is 5.73 Å². The molecule has 2 N–H and O–H groups in total. The highest BCUT2D eigenvalue weighted by molar-refractivity contribution is 7.98. The smallest absolute Gasteiger partial charge is 0.0575 e. The van der Waals surface area contributed by atoms with Crippen LogP contribution >= 0.6 is 23.1 Å². The van der Waals surface area contributed by atoms with E-state index in [0.29, 0.717) is 0 Å². The zero-order valence-corrected chi connectivity index (χ0v) is 9.75. The molecule has 0 saturated heterocycles. The fraction of sp³-hybridized carbons (Fsp3) is 0.273. The number of rotatable bonds is 3. The highest BCUT2D eigenvalue weighted by atomic mass is 32.2. The average molecular weight is 223 g/mol. The second-order valence-electron chi connectivity index (χ2n) is 3.12. The number of thiophene rings is 1. The number of nitrogen functional groups attached to an aromatic ring is 1. The summed E-state index contributed by atoms with van der Waals surface area (Å²) in [7, 11) is 0. The molecule has 0 radical (unpaired) electrons. The van der Waals surface area contributed by atoms with Gasteiger partial charge in [0, 0.05) is 16.3 Å². The van der Waals surface area contributed by atoms with Crippen molar-refractivity contribution in [1.82, 2.24) is 0 Å². The number of benzene rings is 1. The van der Waals surface area contributed by atoms with Crippen LogP contribution in [0.2, 0.25) is 0 Å². The van der Waals surface area contributed by atoms with E-state index in [0.717, 1.165) is 11.4 Å².